The Morgan fingerprint density at radius 1 is 1.07 bits per heavy atom. The molecule has 0 spiro atoms. The van der Waals surface area contributed by atoms with Crippen LogP contribution in [-0.2, 0) is 19.5 Å². The van der Waals surface area contributed by atoms with Crippen LogP contribution < -0.4 is 15.2 Å². The van der Waals surface area contributed by atoms with E-state index < -0.39 is 20.6 Å². The molecule has 5 rings (SSSR count). The summed E-state index contributed by atoms with van der Waals surface area (Å²) in [6, 6.07) is 7.70. The molecule has 40 heavy (non-hydrogen) atoms. The van der Waals surface area contributed by atoms with Gasteiger partial charge in [-0.3, -0.25) is 14.7 Å². The lowest BCUT2D eigenvalue weighted by molar-refractivity contribution is -0.385. The summed E-state index contributed by atoms with van der Waals surface area (Å²) in [5.74, 6) is 0.275. The van der Waals surface area contributed by atoms with Gasteiger partial charge in [-0.05, 0) is 70.1 Å². The van der Waals surface area contributed by atoms with Crippen molar-refractivity contribution in [2.24, 2.45) is 0 Å². The molecule has 1 aromatic heterocycles. The van der Waals surface area contributed by atoms with E-state index in [-0.39, 0.29) is 40.3 Å². The zero-order valence-corrected chi connectivity index (χ0v) is 23.3. The van der Waals surface area contributed by atoms with Gasteiger partial charge in [-0.2, -0.15) is 3.97 Å². The molecule has 2 heterocycles. The van der Waals surface area contributed by atoms with Crippen molar-refractivity contribution in [3.05, 3.63) is 57.0 Å². The lowest BCUT2D eigenvalue weighted by Crippen LogP contribution is -2.36. The second-order valence-corrected chi connectivity index (χ2v) is 11.7. The summed E-state index contributed by atoms with van der Waals surface area (Å²) in [5.41, 5.74) is -0.474. The van der Waals surface area contributed by atoms with Gasteiger partial charge >= 0.3 is 5.69 Å². The maximum atomic E-state index is 14.0. The van der Waals surface area contributed by atoms with E-state index in [0.29, 0.717) is 37.3 Å². The zero-order valence-electron chi connectivity index (χ0n) is 22.5. The van der Waals surface area contributed by atoms with Crippen molar-refractivity contribution in [3.63, 3.8) is 0 Å². The summed E-state index contributed by atoms with van der Waals surface area (Å²) in [5, 5.41) is 11.3. The number of nitrogens with zero attached hydrogens (tertiary/aromatic N) is 3. The van der Waals surface area contributed by atoms with Gasteiger partial charge in [0.25, 0.3) is 15.7 Å². The maximum Gasteiger partial charge on any atom is 0.343 e. The normalized spacial score (nSPS) is 21.8. The average Bonchev–Trinajstić information content (AvgIpc) is 3.25. The Balaban J connectivity index is 1.61. The molecule has 12 nitrogen and oxygen atoms in total. The second kappa shape index (κ2) is 11.6. The Morgan fingerprint density at radius 3 is 2.60 bits per heavy atom. The molecule has 2 fully saturated rings. The minimum atomic E-state index is -4.52. The van der Waals surface area contributed by atoms with Crippen LogP contribution in [0, 0.1) is 10.1 Å². The van der Waals surface area contributed by atoms with Crippen LogP contribution in [0.3, 0.4) is 0 Å². The number of hydrogen-bond acceptors (Lipinski definition) is 9. The van der Waals surface area contributed by atoms with E-state index in [1.165, 1.54) is 11.7 Å². The first-order chi connectivity index (χ1) is 19.2. The number of hydrogen-bond donors (Lipinski definition) is 0. The summed E-state index contributed by atoms with van der Waals surface area (Å²) in [6.07, 6.45) is 5.30. The van der Waals surface area contributed by atoms with Crippen LogP contribution in [0.5, 0.6) is 11.5 Å². The van der Waals surface area contributed by atoms with Crippen molar-refractivity contribution in [2.45, 2.75) is 75.2 Å². The molecule has 2 aliphatic rings. The van der Waals surface area contributed by atoms with Gasteiger partial charge in [0.1, 0.15) is 16.4 Å². The van der Waals surface area contributed by atoms with E-state index >= 15 is 0 Å². The third-order valence-corrected chi connectivity index (χ3v) is 9.16. The number of rotatable bonds is 9. The zero-order chi connectivity index (χ0) is 28.4. The van der Waals surface area contributed by atoms with E-state index in [1.807, 2.05) is 6.92 Å². The molecule has 216 valence electrons. The van der Waals surface area contributed by atoms with Crippen molar-refractivity contribution in [1.82, 2.24) is 8.54 Å². The molecule has 13 heteroatoms. The minimum Gasteiger partial charge on any atom is -0.495 e. The van der Waals surface area contributed by atoms with E-state index in [9.17, 15) is 23.3 Å². The predicted octanol–water partition coefficient (Wildman–Crippen LogP) is 4.38. The van der Waals surface area contributed by atoms with Crippen LogP contribution >= 0.6 is 0 Å². The predicted molar refractivity (Wildman–Crippen MR) is 146 cm³/mol. The molecule has 0 amide bonds. The third-order valence-electron chi connectivity index (χ3n) is 7.44. The van der Waals surface area contributed by atoms with Crippen molar-refractivity contribution in [3.8, 4) is 11.5 Å². The fourth-order valence-corrected chi connectivity index (χ4v) is 7.15. The molecular formula is C27H33N3O9S. The van der Waals surface area contributed by atoms with Gasteiger partial charge in [-0.25, -0.2) is 13.2 Å². The smallest absolute Gasteiger partial charge is 0.343 e. The summed E-state index contributed by atoms with van der Waals surface area (Å²) in [7, 11) is -3.30. The number of imidazole rings is 1. The number of fused-ring (bicyclic) bond motifs is 1. The Hall–Kier alpha value is -3.42. The van der Waals surface area contributed by atoms with Crippen LogP contribution in [0.2, 0.25) is 0 Å². The van der Waals surface area contributed by atoms with E-state index in [2.05, 4.69) is 0 Å². The highest BCUT2D eigenvalue weighted by Crippen LogP contribution is 2.36. The fraction of sp³-hybridized carbons (Fsp3) is 0.519. The number of aromatic nitrogens is 2. The molecule has 1 unspecified atom stereocenters. The molecule has 2 aromatic carbocycles. The quantitative estimate of drug-likeness (QED) is 0.268. The molecule has 0 radical (unpaired) electrons. The Kier molecular flexibility index (Phi) is 8.15. The minimum absolute atomic E-state index is 0.131. The highest BCUT2D eigenvalue weighted by atomic mass is 32.2. The summed E-state index contributed by atoms with van der Waals surface area (Å²) >= 11 is 0. The van der Waals surface area contributed by atoms with Crippen LogP contribution in [0.4, 0.5) is 5.69 Å². The van der Waals surface area contributed by atoms with Gasteiger partial charge in [0, 0.05) is 24.8 Å². The number of benzene rings is 2. The van der Waals surface area contributed by atoms with Crippen molar-refractivity contribution < 1.29 is 32.3 Å². The standard InChI is InChI=1S/C27H33N3O9S/c1-3-37-20-11-12-22-23(17-20)28(18-7-6-8-21(15-18)39-26-9-4-5-14-38-26)27(31)29(22)40(34,35)25-13-10-19(30(32)33)16-24(25)36-2/h10-13,16-18,21,26H,3-9,14-15H2,1-2H3/t18?,21-,26+/m0/s1. The molecule has 0 bridgehead atoms. The van der Waals surface area contributed by atoms with Crippen LogP contribution in [0.25, 0.3) is 11.0 Å². The summed E-state index contributed by atoms with van der Waals surface area (Å²) in [4.78, 5) is 24.3. The lowest BCUT2D eigenvalue weighted by atomic mass is 9.92. The third kappa shape index (κ3) is 5.32. The van der Waals surface area contributed by atoms with Gasteiger partial charge in [0.2, 0.25) is 0 Å². The van der Waals surface area contributed by atoms with E-state index in [0.717, 1.165) is 54.3 Å². The number of nitro benzene ring substituents is 1. The Bertz CT molecular complexity index is 1560. The summed E-state index contributed by atoms with van der Waals surface area (Å²) < 4.78 is 53.1. The van der Waals surface area contributed by atoms with Gasteiger partial charge in [-0.1, -0.05) is 0 Å². The summed E-state index contributed by atoms with van der Waals surface area (Å²) in [6.45, 7) is 2.90. The number of nitro groups is 1. The SMILES string of the molecule is CCOc1ccc2c(c1)n(C1CCC[C@H](O[C@@H]3CCCCO3)C1)c(=O)n2S(=O)(=O)c1ccc([N+](=O)[O-])cc1OC. The first kappa shape index (κ1) is 28.1. The molecule has 3 atom stereocenters. The first-order valence-electron chi connectivity index (χ1n) is 13.5. The number of ether oxygens (including phenoxy) is 4. The molecule has 0 N–H and O–H groups in total. The number of non-ortho nitro benzene ring substituents is 1. The van der Waals surface area contributed by atoms with Gasteiger partial charge in [0.15, 0.2) is 6.29 Å². The monoisotopic (exact) mass is 575 g/mol. The molecule has 1 saturated heterocycles. The first-order valence-corrected chi connectivity index (χ1v) is 14.9. The van der Waals surface area contributed by atoms with Gasteiger partial charge in [-0.15, -0.1) is 0 Å². The second-order valence-electron chi connectivity index (χ2n) is 9.97. The molecule has 1 aliphatic carbocycles. The molecule has 1 aliphatic heterocycles. The van der Waals surface area contributed by atoms with Gasteiger partial charge in [0.05, 0.1) is 41.8 Å². The van der Waals surface area contributed by atoms with Crippen LogP contribution in [0.1, 0.15) is 57.9 Å². The Morgan fingerprint density at radius 2 is 1.90 bits per heavy atom. The highest BCUT2D eigenvalue weighted by molar-refractivity contribution is 7.90. The van der Waals surface area contributed by atoms with Crippen molar-refractivity contribution in [2.75, 3.05) is 20.3 Å². The van der Waals surface area contributed by atoms with E-state index in [4.69, 9.17) is 18.9 Å². The largest absolute Gasteiger partial charge is 0.495 e. The van der Waals surface area contributed by atoms with Gasteiger partial charge < -0.3 is 18.9 Å². The molecule has 1 saturated carbocycles. The average molecular weight is 576 g/mol. The van der Waals surface area contributed by atoms with Crippen LogP contribution in [0.15, 0.2) is 46.1 Å². The molecular weight excluding hydrogens is 542 g/mol. The lowest BCUT2D eigenvalue weighted by Gasteiger charge is -2.33. The van der Waals surface area contributed by atoms with E-state index in [1.54, 1.807) is 18.2 Å². The van der Waals surface area contributed by atoms with Crippen molar-refractivity contribution in [1.29, 1.82) is 0 Å². The molecule has 3 aromatic rings. The fourth-order valence-electron chi connectivity index (χ4n) is 5.61. The number of methoxy groups -OCH3 is 1. The van der Waals surface area contributed by atoms with Crippen molar-refractivity contribution >= 4 is 26.7 Å². The topological polar surface area (TPSA) is 141 Å². The Labute approximate surface area is 231 Å². The highest BCUT2D eigenvalue weighted by Gasteiger charge is 2.34. The maximum absolute atomic E-state index is 14.0. The van der Waals surface area contributed by atoms with Crippen LogP contribution in [-0.4, -0.2) is 54.6 Å².